The highest BCUT2D eigenvalue weighted by atomic mass is 32.1. The molecule has 3 rings (SSSR count). The quantitative estimate of drug-likeness (QED) is 0.682. The molecule has 0 spiro atoms. The highest BCUT2D eigenvalue weighted by molar-refractivity contribution is 7.07. The Bertz CT molecular complexity index is 633. The van der Waals surface area contributed by atoms with Crippen molar-refractivity contribution in [2.75, 3.05) is 6.54 Å². The number of aromatic nitrogens is 4. The second-order valence-electron chi connectivity index (χ2n) is 4.39. The summed E-state index contributed by atoms with van der Waals surface area (Å²) in [7, 11) is 0. The summed E-state index contributed by atoms with van der Waals surface area (Å²) in [4.78, 5) is 4.26. The van der Waals surface area contributed by atoms with Gasteiger partial charge in [0.25, 0.3) is 0 Å². The van der Waals surface area contributed by atoms with Gasteiger partial charge in [0.2, 0.25) is 0 Å². The van der Waals surface area contributed by atoms with Crippen LogP contribution in [0.2, 0.25) is 0 Å². The minimum Gasteiger partial charge on any atom is -0.311 e. The molecule has 0 aliphatic carbocycles. The van der Waals surface area contributed by atoms with Crippen molar-refractivity contribution in [2.45, 2.75) is 13.0 Å². The lowest BCUT2D eigenvalue weighted by atomic mass is 10.1. The molecule has 0 unspecified atom stereocenters. The Kier molecular flexibility index (Phi) is 4.15. The summed E-state index contributed by atoms with van der Waals surface area (Å²) in [6, 6.07) is 10.1. The fourth-order valence-corrected chi connectivity index (χ4v) is 2.58. The second kappa shape index (κ2) is 6.40. The van der Waals surface area contributed by atoms with E-state index in [1.54, 1.807) is 11.3 Å². The molecule has 0 bridgehead atoms. The monoisotopic (exact) mass is 285 g/mol. The Morgan fingerprint density at radius 1 is 1.15 bits per heavy atom. The van der Waals surface area contributed by atoms with Crippen molar-refractivity contribution in [3.8, 4) is 11.3 Å². The standard InChI is InChI=1S/C14H15N5S/c1-2-4-11(5-3-1)14-13(17-19-18-14)8-15-7-6-12-9-20-10-16-12/h1-5,9-10,15H,6-8H2,(H,17,18,19). The fraction of sp³-hybridized carbons (Fsp3) is 0.214. The van der Waals surface area contributed by atoms with Gasteiger partial charge in [-0.1, -0.05) is 30.3 Å². The van der Waals surface area contributed by atoms with Crippen LogP contribution >= 0.6 is 11.3 Å². The van der Waals surface area contributed by atoms with Crippen LogP contribution in [0.3, 0.4) is 0 Å². The van der Waals surface area contributed by atoms with E-state index in [2.05, 4.69) is 31.1 Å². The van der Waals surface area contributed by atoms with Crippen molar-refractivity contribution in [2.24, 2.45) is 0 Å². The summed E-state index contributed by atoms with van der Waals surface area (Å²) in [5, 5.41) is 16.6. The van der Waals surface area contributed by atoms with E-state index in [4.69, 9.17) is 0 Å². The summed E-state index contributed by atoms with van der Waals surface area (Å²) in [6.45, 7) is 1.58. The fourth-order valence-electron chi connectivity index (χ4n) is 1.99. The highest BCUT2D eigenvalue weighted by Gasteiger charge is 2.09. The van der Waals surface area contributed by atoms with E-state index in [1.165, 1.54) is 0 Å². The third-order valence-corrected chi connectivity index (χ3v) is 3.64. The van der Waals surface area contributed by atoms with Crippen molar-refractivity contribution in [1.29, 1.82) is 0 Å². The number of H-pyrrole nitrogens is 1. The van der Waals surface area contributed by atoms with Gasteiger partial charge < -0.3 is 5.32 Å². The molecular formula is C14H15N5S. The van der Waals surface area contributed by atoms with Gasteiger partial charge >= 0.3 is 0 Å². The van der Waals surface area contributed by atoms with E-state index in [-0.39, 0.29) is 0 Å². The van der Waals surface area contributed by atoms with Gasteiger partial charge in [0.15, 0.2) is 0 Å². The van der Waals surface area contributed by atoms with E-state index < -0.39 is 0 Å². The molecule has 2 aromatic heterocycles. The molecule has 0 fully saturated rings. The predicted molar refractivity (Wildman–Crippen MR) is 79.3 cm³/mol. The molecule has 5 nitrogen and oxygen atoms in total. The van der Waals surface area contributed by atoms with Gasteiger partial charge in [-0.05, 0) is 0 Å². The minimum absolute atomic E-state index is 0.699. The molecule has 2 N–H and O–H groups in total. The summed E-state index contributed by atoms with van der Waals surface area (Å²) in [5.41, 5.74) is 5.92. The van der Waals surface area contributed by atoms with Crippen LogP contribution in [0.4, 0.5) is 0 Å². The zero-order chi connectivity index (χ0) is 13.6. The molecule has 0 atom stereocenters. The molecule has 20 heavy (non-hydrogen) atoms. The molecule has 0 radical (unpaired) electrons. The first-order valence-electron chi connectivity index (χ1n) is 6.46. The third kappa shape index (κ3) is 3.09. The number of aromatic amines is 1. The maximum Gasteiger partial charge on any atom is 0.117 e. The van der Waals surface area contributed by atoms with E-state index in [1.807, 2.05) is 35.8 Å². The van der Waals surface area contributed by atoms with Crippen molar-refractivity contribution in [1.82, 2.24) is 25.7 Å². The molecule has 3 aromatic rings. The average molecular weight is 285 g/mol. The van der Waals surface area contributed by atoms with E-state index in [9.17, 15) is 0 Å². The number of nitrogens with one attached hydrogen (secondary N) is 2. The molecule has 0 amide bonds. The number of hydrogen-bond acceptors (Lipinski definition) is 5. The van der Waals surface area contributed by atoms with Gasteiger partial charge in [-0.3, -0.25) is 0 Å². The smallest absolute Gasteiger partial charge is 0.117 e. The van der Waals surface area contributed by atoms with Gasteiger partial charge in [-0.15, -0.1) is 11.3 Å². The molecule has 102 valence electrons. The number of thiazole rings is 1. The molecule has 0 aliphatic heterocycles. The van der Waals surface area contributed by atoms with Crippen LogP contribution in [0, 0.1) is 0 Å². The number of hydrogen-bond donors (Lipinski definition) is 2. The maximum absolute atomic E-state index is 4.26. The first-order chi connectivity index (χ1) is 9.93. The maximum atomic E-state index is 4.26. The van der Waals surface area contributed by atoms with Crippen LogP contribution in [0.1, 0.15) is 11.4 Å². The van der Waals surface area contributed by atoms with Crippen molar-refractivity contribution in [3.63, 3.8) is 0 Å². The second-order valence-corrected chi connectivity index (χ2v) is 5.11. The Balaban J connectivity index is 1.57. The number of benzene rings is 1. The Hall–Kier alpha value is -2.05. The zero-order valence-electron chi connectivity index (χ0n) is 10.9. The Morgan fingerprint density at radius 3 is 2.85 bits per heavy atom. The third-order valence-electron chi connectivity index (χ3n) is 3.00. The average Bonchev–Trinajstić information content (AvgIpc) is 3.16. The minimum atomic E-state index is 0.699. The van der Waals surface area contributed by atoms with Crippen molar-refractivity contribution in [3.05, 3.63) is 52.6 Å². The van der Waals surface area contributed by atoms with Gasteiger partial charge in [-0.2, -0.15) is 15.4 Å². The van der Waals surface area contributed by atoms with E-state index >= 15 is 0 Å². The first-order valence-corrected chi connectivity index (χ1v) is 7.40. The molecule has 2 heterocycles. The SMILES string of the molecule is c1ccc(-c2n[nH]nc2CNCCc2cscn2)cc1. The van der Waals surface area contributed by atoms with Crippen molar-refractivity contribution >= 4 is 11.3 Å². The lowest BCUT2D eigenvalue weighted by Crippen LogP contribution is -2.17. The molecule has 0 aliphatic rings. The predicted octanol–water partition coefficient (Wildman–Crippen LogP) is 2.26. The van der Waals surface area contributed by atoms with Crippen LogP contribution in [0.15, 0.2) is 41.2 Å². The van der Waals surface area contributed by atoms with Gasteiger partial charge in [0.05, 0.1) is 11.2 Å². The van der Waals surface area contributed by atoms with Gasteiger partial charge in [-0.25, -0.2) is 4.98 Å². The topological polar surface area (TPSA) is 66.5 Å². The Morgan fingerprint density at radius 2 is 2.05 bits per heavy atom. The summed E-state index contributed by atoms with van der Waals surface area (Å²) >= 11 is 1.63. The number of nitrogens with zero attached hydrogens (tertiary/aromatic N) is 3. The lowest BCUT2D eigenvalue weighted by molar-refractivity contribution is 0.668. The lowest BCUT2D eigenvalue weighted by Gasteiger charge is -2.03. The normalized spacial score (nSPS) is 10.8. The molecule has 0 saturated heterocycles. The molecule has 0 saturated carbocycles. The van der Waals surface area contributed by atoms with Crippen LogP contribution in [0.5, 0.6) is 0 Å². The first kappa shape index (κ1) is 13.0. The largest absolute Gasteiger partial charge is 0.311 e. The van der Waals surface area contributed by atoms with E-state index in [0.717, 1.165) is 35.6 Å². The van der Waals surface area contributed by atoms with Crippen LogP contribution in [-0.4, -0.2) is 26.9 Å². The summed E-state index contributed by atoms with van der Waals surface area (Å²) in [5.74, 6) is 0. The molecule has 6 heteroatoms. The summed E-state index contributed by atoms with van der Waals surface area (Å²) < 4.78 is 0. The molecule has 1 aromatic carbocycles. The molecular weight excluding hydrogens is 270 g/mol. The van der Waals surface area contributed by atoms with Crippen LogP contribution < -0.4 is 5.32 Å². The highest BCUT2D eigenvalue weighted by Crippen LogP contribution is 2.18. The van der Waals surface area contributed by atoms with E-state index in [0.29, 0.717) is 6.54 Å². The van der Waals surface area contributed by atoms with Gasteiger partial charge in [0.1, 0.15) is 11.4 Å². The Labute approximate surface area is 121 Å². The number of rotatable bonds is 6. The zero-order valence-corrected chi connectivity index (χ0v) is 11.7. The van der Waals surface area contributed by atoms with Crippen molar-refractivity contribution < 1.29 is 0 Å². The van der Waals surface area contributed by atoms with Crippen LogP contribution in [-0.2, 0) is 13.0 Å². The van der Waals surface area contributed by atoms with Crippen LogP contribution in [0.25, 0.3) is 11.3 Å². The van der Waals surface area contributed by atoms with Gasteiger partial charge in [0, 0.05) is 30.5 Å². The summed E-state index contributed by atoms with van der Waals surface area (Å²) in [6.07, 6.45) is 0.933.